The van der Waals surface area contributed by atoms with Crippen molar-refractivity contribution in [1.82, 2.24) is 0 Å². The van der Waals surface area contributed by atoms with Crippen LogP contribution >= 0.6 is 31.9 Å². The van der Waals surface area contributed by atoms with E-state index >= 15 is 0 Å². The van der Waals surface area contributed by atoms with E-state index in [2.05, 4.69) is 31.9 Å². The molecular weight excluding hydrogens is 272 g/mol. The third-order valence-corrected chi connectivity index (χ3v) is 2.60. The summed E-state index contributed by atoms with van der Waals surface area (Å²) in [6.07, 6.45) is 1.69. The lowest BCUT2D eigenvalue weighted by Crippen LogP contribution is -1.64. The molecule has 0 atom stereocenters. The Kier molecular flexibility index (Phi) is 1.77. The Morgan fingerprint density at radius 3 is 2.82 bits per heavy atom. The number of hydrogen-bond acceptors (Lipinski definition) is 1. The third kappa shape index (κ3) is 1.23. The summed E-state index contributed by atoms with van der Waals surface area (Å²) in [6, 6.07) is 5.94. The number of benzene rings is 1. The fourth-order valence-corrected chi connectivity index (χ4v) is 1.73. The summed E-state index contributed by atoms with van der Waals surface area (Å²) in [5.74, 6) is 0. The van der Waals surface area contributed by atoms with Crippen molar-refractivity contribution in [2.45, 2.75) is 0 Å². The highest BCUT2D eigenvalue weighted by Crippen LogP contribution is 2.27. The van der Waals surface area contributed by atoms with Crippen molar-refractivity contribution >= 4 is 42.8 Å². The van der Waals surface area contributed by atoms with Gasteiger partial charge in [-0.2, -0.15) is 0 Å². The molecule has 0 spiro atoms. The van der Waals surface area contributed by atoms with Crippen LogP contribution in [0.1, 0.15) is 0 Å². The maximum atomic E-state index is 5.25. The maximum absolute atomic E-state index is 5.25. The quantitative estimate of drug-likeness (QED) is 0.709. The third-order valence-electron chi connectivity index (χ3n) is 1.49. The van der Waals surface area contributed by atoms with Gasteiger partial charge in [-0.1, -0.05) is 15.9 Å². The van der Waals surface area contributed by atoms with Crippen molar-refractivity contribution in [1.29, 1.82) is 0 Å². The van der Waals surface area contributed by atoms with E-state index in [-0.39, 0.29) is 0 Å². The molecule has 0 unspecified atom stereocenters. The molecule has 0 saturated carbocycles. The molecule has 56 valence electrons. The summed E-state index contributed by atoms with van der Waals surface area (Å²) in [6.45, 7) is 0. The van der Waals surface area contributed by atoms with Crippen LogP contribution in [-0.4, -0.2) is 0 Å². The van der Waals surface area contributed by atoms with Gasteiger partial charge in [0.15, 0.2) is 0 Å². The molecular formula is C8H4Br2O. The molecule has 0 fully saturated rings. The van der Waals surface area contributed by atoms with E-state index in [1.165, 1.54) is 0 Å². The maximum Gasteiger partial charge on any atom is 0.136 e. The predicted molar refractivity (Wildman–Crippen MR) is 51.6 cm³/mol. The van der Waals surface area contributed by atoms with Crippen LogP contribution < -0.4 is 0 Å². The fraction of sp³-hybridized carbons (Fsp3) is 0. The molecule has 0 bridgehead atoms. The number of fused-ring (bicyclic) bond motifs is 1. The van der Waals surface area contributed by atoms with E-state index in [0.717, 1.165) is 19.9 Å². The monoisotopic (exact) mass is 274 g/mol. The van der Waals surface area contributed by atoms with Gasteiger partial charge in [0, 0.05) is 9.86 Å². The normalized spacial score (nSPS) is 10.7. The van der Waals surface area contributed by atoms with Gasteiger partial charge < -0.3 is 4.42 Å². The average molecular weight is 276 g/mol. The highest BCUT2D eigenvalue weighted by molar-refractivity contribution is 9.11. The topological polar surface area (TPSA) is 13.1 Å². The molecule has 1 aromatic carbocycles. The van der Waals surface area contributed by atoms with Crippen LogP contribution in [0.15, 0.2) is 37.8 Å². The standard InChI is InChI=1S/C8H4Br2O/c9-5-1-2-6-7(10)4-11-8(6)3-5/h1-4H. The minimum Gasteiger partial charge on any atom is -0.463 e. The zero-order chi connectivity index (χ0) is 7.84. The lowest BCUT2D eigenvalue weighted by Gasteiger charge is -1.88. The molecule has 0 amide bonds. The van der Waals surface area contributed by atoms with Crippen LogP contribution in [0.5, 0.6) is 0 Å². The van der Waals surface area contributed by atoms with Gasteiger partial charge in [-0.3, -0.25) is 0 Å². The fourth-order valence-electron chi connectivity index (χ4n) is 0.970. The molecule has 2 aromatic rings. The second-order valence-corrected chi connectivity index (χ2v) is 3.99. The average Bonchev–Trinajstić information content (AvgIpc) is 2.32. The summed E-state index contributed by atoms with van der Waals surface area (Å²) in [4.78, 5) is 0. The van der Waals surface area contributed by atoms with E-state index in [1.54, 1.807) is 6.26 Å². The van der Waals surface area contributed by atoms with Gasteiger partial charge in [-0.05, 0) is 34.1 Å². The van der Waals surface area contributed by atoms with Gasteiger partial charge >= 0.3 is 0 Å². The lowest BCUT2D eigenvalue weighted by molar-refractivity contribution is 0.613. The summed E-state index contributed by atoms with van der Waals surface area (Å²) >= 11 is 6.75. The molecule has 0 N–H and O–H groups in total. The first kappa shape index (κ1) is 7.37. The molecule has 1 heterocycles. The van der Waals surface area contributed by atoms with Crippen molar-refractivity contribution in [3.63, 3.8) is 0 Å². The highest BCUT2D eigenvalue weighted by atomic mass is 79.9. The molecule has 2 rings (SSSR count). The molecule has 0 aliphatic heterocycles. The Labute approximate surface area is 80.6 Å². The van der Waals surface area contributed by atoms with E-state index < -0.39 is 0 Å². The van der Waals surface area contributed by atoms with Gasteiger partial charge in [-0.15, -0.1) is 0 Å². The number of furan rings is 1. The zero-order valence-corrected chi connectivity index (χ0v) is 8.65. The van der Waals surface area contributed by atoms with Gasteiger partial charge in [0.25, 0.3) is 0 Å². The SMILES string of the molecule is Brc1ccc2c(Br)coc2c1. The van der Waals surface area contributed by atoms with Crippen LogP contribution in [-0.2, 0) is 0 Å². The smallest absolute Gasteiger partial charge is 0.136 e. The molecule has 1 aromatic heterocycles. The molecule has 3 heteroatoms. The minimum absolute atomic E-state index is 0.895. The van der Waals surface area contributed by atoms with E-state index in [9.17, 15) is 0 Å². The van der Waals surface area contributed by atoms with Crippen LogP contribution in [0, 0.1) is 0 Å². The van der Waals surface area contributed by atoms with Gasteiger partial charge in [0.2, 0.25) is 0 Å². The first-order valence-electron chi connectivity index (χ1n) is 3.09. The van der Waals surface area contributed by atoms with E-state index in [1.807, 2.05) is 18.2 Å². The number of hydrogen-bond donors (Lipinski definition) is 0. The lowest BCUT2D eigenvalue weighted by atomic mass is 10.3. The first-order chi connectivity index (χ1) is 5.27. The Morgan fingerprint density at radius 1 is 1.18 bits per heavy atom. The molecule has 0 aliphatic rings. The van der Waals surface area contributed by atoms with Crippen LogP contribution in [0.4, 0.5) is 0 Å². The van der Waals surface area contributed by atoms with Gasteiger partial charge in [0.1, 0.15) is 11.8 Å². The zero-order valence-electron chi connectivity index (χ0n) is 5.47. The summed E-state index contributed by atoms with van der Waals surface area (Å²) < 4.78 is 7.29. The second kappa shape index (κ2) is 2.64. The first-order valence-corrected chi connectivity index (χ1v) is 4.68. The molecule has 0 aliphatic carbocycles. The van der Waals surface area contributed by atoms with Gasteiger partial charge in [-0.25, -0.2) is 0 Å². The molecule has 0 radical (unpaired) electrons. The Balaban J connectivity index is 2.86. The Morgan fingerprint density at radius 2 is 2.00 bits per heavy atom. The van der Waals surface area contributed by atoms with Crippen LogP contribution in [0.2, 0.25) is 0 Å². The van der Waals surface area contributed by atoms with Crippen molar-refractivity contribution in [3.05, 3.63) is 33.4 Å². The summed E-state index contributed by atoms with van der Waals surface area (Å²) in [5.41, 5.74) is 0.895. The highest BCUT2D eigenvalue weighted by Gasteiger charge is 2.01. The van der Waals surface area contributed by atoms with Crippen LogP contribution in [0.3, 0.4) is 0 Å². The molecule has 1 nitrogen and oxygen atoms in total. The van der Waals surface area contributed by atoms with E-state index in [0.29, 0.717) is 0 Å². The van der Waals surface area contributed by atoms with Crippen molar-refractivity contribution in [2.75, 3.05) is 0 Å². The minimum atomic E-state index is 0.895. The molecule has 0 saturated heterocycles. The summed E-state index contributed by atoms with van der Waals surface area (Å²) in [7, 11) is 0. The van der Waals surface area contributed by atoms with Crippen LogP contribution in [0.25, 0.3) is 11.0 Å². The number of halogens is 2. The van der Waals surface area contributed by atoms with E-state index in [4.69, 9.17) is 4.42 Å². The summed E-state index contributed by atoms with van der Waals surface area (Å²) in [5, 5.41) is 1.10. The van der Waals surface area contributed by atoms with Gasteiger partial charge in [0.05, 0.1) is 4.47 Å². The van der Waals surface area contributed by atoms with Crippen molar-refractivity contribution < 1.29 is 4.42 Å². The molecule has 11 heavy (non-hydrogen) atoms. The van der Waals surface area contributed by atoms with Crippen molar-refractivity contribution in [2.24, 2.45) is 0 Å². The largest absolute Gasteiger partial charge is 0.463 e. The Bertz CT molecular complexity index is 392. The van der Waals surface area contributed by atoms with Crippen molar-refractivity contribution in [3.8, 4) is 0 Å². The Hall–Kier alpha value is -0.280. The second-order valence-electron chi connectivity index (χ2n) is 2.22. The number of rotatable bonds is 0. The predicted octanol–water partition coefficient (Wildman–Crippen LogP) is 3.96.